The lowest BCUT2D eigenvalue weighted by Crippen LogP contribution is -1.77. The van der Waals surface area contributed by atoms with E-state index < -0.39 is 0 Å². The maximum atomic E-state index is 9.47. The third-order valence-electron chi connectivity index (χ3n) is 2.12. The van der Waals surface area contributed by atoms with Gasteiger partial charge in [0.25, 0.3) is 0 Å². The summed E-state index contributed by atoms with van der Waals surface area (Å²) in [4.78, 5) is 0. The van der Waals surface area contributed by atoms with Crippen LogP contribution in [0.4, 0.5) is 0 Å². The number of rotatable bonds is 0. The average Bonchev–Trinajstić information content (AvgIpc) is 2.08. The Bertz CT molecular complexity index is 463. The van der Waals surface area contributed by atoms with Crippen LogP contribution in [0.2, 0.25) is 0 Å². The van der Waals surface area contributed by atoms with Gasteiger partial charge in [-0.3, -0.25) is 0 Å². The molecule has 0 saturated heterocycles. The van der Waals surface area contributed by atoms with Crippen LogP contribution in [0.1, 0.15) is 5.56 Å². The van der Waals surface area contributed by atoms with Gasteiger partial charge < -0.3 is 5.11 Å². The number of phenols is 1. The Labute approximate surface area is 85.1 Å². The van der Waals surface area contributed by atoms with E-state index >= 15 is 0 Å². The monoisotopic (exact) mass is 236 g/mol. The summed E-state index contributed by atoms with van der Waals surface area (Å²) in [6, 6.07) is 9.77. The highest BCUT2D eigenvalue weighted by Gasteiger charge is 1.99. The summed E-state index contributed by atoms with van der Waals surface area (Å²) in [6.07, 6.45) is 0. The Morgan fingerprint density at radius 2 is 1.85 bits per heavy atom. The van der Waals surface area contributed by atoms with Gasteiger partial charge in [-0.1, -0.05) is 22.0 Å². The predicted octanol–water partition coefficient (Wildman–Crippen LogP) is 3.62. The summed E-state index contributed by atoms with van der Waals surface area (Å²) < 4.78 is 1.06. The number of aromatic hydroxyl groups is 1. The van der Waals surface area contributed by atoms with Crippen LogP contribution < -0.4 is 0 Å². The second-order valence-electron chi connectivity index (χ2n) is 3.13. The molecule has 0 amide bonds. The Hall–Kier alpha value is -1.02. The molecule has 0 aliphatic rings. The van der Waals surface area contributed by atoms with Crippen molar-refractivity contribution in [3.63, 3.8) is 0 Å². The topological polar surface area (TPSA) is 20.2 Å². The van der Waals surface area contributed by atoms with Crippen LogP contribution in [0.3, 0.4) is 0 Å². The summed E-state index contributed by atoms with van der Waals surface area (Å²) in [5.41, 5.74) is 0.908. The van der Waals surface area contributed by atoms with Gasteiger partial charge in [-0.25, -0.2) is 0 Å². The molecule has 0 aliphatic heterocycles. The maximum Gasteiger partial charge on any atom is 0.119 e. The van der Waals surface area contributed by atoms with E-state index in [4.69, 9.17) is 0 Å². The van der Waals surface area contributed by atoms with Gasteiger partial charge in [-0.15, -0.1) is 0 Å². The minimum Gasteiger partial charge on any atom is -0.508 e. The molecule has 66 valence electrons. The number of benzene rings is 2. The fourth-order valence-corrected chi connectivity index (χ4v) is 1.75. The van der Waals surface area contributed by atoms with E-state index in [-0.39, 0.29) is 0 Å². The molecule has 0 aliphatic carbocycles. The Morgan fingerprint density at radius 3 is 2.62 bits per heavy atom. The summed E-state index contributed by atoms with van der Waals surface area (Å²) >= 11 is 3.41. The van der Waals surface area contributed by atoms with Crippen molar-refractivity contribution >= 4 is 26.7 Å². The molecule has 0 saturated carbocycles. The third-order valence-corrected chi connectivity index (χ3v) is 2.61. The Morgan fingerprint density at radius 1 is 1.08 bits per heavy atom. The van der Waals surface area contributed by atoms with E-state index in [1.165, 1.54) is 0 Å². The largest absolute Gasteiger partial charge is 0.508 e. The van der Waals surface area contributed by atoms with Crippen LogP contribution in [0.25, 0.3) is 10.8 Å². The molecule has 0 fully saturated rings. The van der Waals surface area contributed by atoms with E-state index in [1.807, 2.05) is 31.2 Å². The second kappa shape index (κ2) is 3.04. The molecule has 0 unspecified atom stereocenters. The molecule has 2 aromatic rings. The summed E-state index contributed by atoms with van der Waals surface area (Å²) in [6.45, 7) is 1.90. The van der Waals surface area contributed by atoms with Gasteiger partial charge >= 0.3 is 0 Å². The van der Waals surface area contributed by atoms with Crippen LogP contribution >= 0.6 is 15.9 Å². The third kappa shape index (κ3) is 1.54. The molecular formula is C11H9BrO. The van der Waals surface area contributed by atoms with E-state index in [0.29, 0.717) is 5.75 Å². The van der Waals surface area contributed by atoms with Crippen LogP contribution in [0.5, 0.6) is 5.75 Å². The number of hydrogen-bond acceptors (Lipinski definition) is 1. The fraction of sp³-hybridized carbons (Fsp3) is 0.0909. The number of phenolic OH excluding ortho intramolecular Hbond substituents is 1. The van der Waals surface area contributed by atoms with Gasteiger partial charge in [0.2, 0.25) is 0 Å². The zero-order chi connectivity index (χ0) is 9.42. The quantitative estimate of drug-likeness (QED) is 0.741. The predicted molar refractivity (Wildman–Crippen MR) is 58.0 cm³/mol. The van der Waals surface area contributed by atoms with Crippen LogP contribution in [0, 0.1) is 6.92 Å². The van der Waals surface area contributed by atoms with Gasteiger partial charge in [-0.2, -0.15) is 0 Å². The van der Waals surface area contributed by atoms with E-state index in [1.54, 1.807) is 6.07 Å². The van der Waals surface area contributed by atoms with Crippen molar-refractivity contribution in [1.82, 2.24) is 0 Å². The molecule has 0 bridgehead atoms. The smallest absolute Gasteiger partial charge is 0.119 e. The van der Waals surface area contributed by atoms with E-state index in [0.717, 1.165) is 20.8 Å². The average molecular weight is 237 g/mol. The Kier molecular flexibility index (Phi) is 2.00. The zero-order valence-electron chi connectivity index (χ0n) is 7.21. The van der Waals surface area contributed by atoms with Crippen molar-refractivity contribution in [2.24, 2.45) is 0 Å². The minimum absolute atomic E-state index is 0.356. The molecule has 0 radical (unpaired) electrons. The molecule has 0 aromatic heterocycles. The first-order valence-electron chi connectivity index (χ1n) is 4.06. The van der Waals surface area contributed by atoms with Crippen LogP contribution in [-0.4, -0.2) is 5.11 Å². The molecule has 0 spiro atoms. The summed E-state index contributed by atoms with van der Waals surface area (Å²) in [5, 5.41) is 11.7. The first-order chi connectivity index (χ1) is 6.16. The number of hydrogen-bond donors (Lipinski definition) is 1. The zero-order valence-corrected chi connectivity index (χ0v) is 8.80. The van der Waals surface area contributed by atoms with Gasteiger partial charge in [-0.05, 0) is 47.5 Å². The van der Waals surface area contributed by atoms with Crippen molar-refractivity contribution in [3.8, 4) is 5.75 Å². The van der Waals surface area contributed by atoms with Gasteiger partial charge in [0.15, 0.2) is 0 Å². The summed E-state index contributed by atoms with van der Waals surface area (Å²) in [7, 11) is 0. The number of halogens is 1. The number of fused-ring (bicyclic) bond motifs is 1. The van der Waals surface area contributed by atoms with Gasteiger partial charge in [0.05, 0.1) is 0 Å². The lowest BCUT2D eigenvalue weighted by Gasteiger charge is -2.02. The van der Waals surface area contributed by atoms with E-state index in [2.05, 4.69) is 15.9 Å². The van der Waals surface area contributed by atoms with Gasteiger partial charge in [0.1, 0.15) is 5.75 Å². The highest BCUT2D eigenvalue weighted by Crippen LogP contribution is 2.26. The molecule has 2 heteroatoms. The maximum absolute atomic E-state index is 9.47. The summed E-state index contributed by atoms with van der Waals surface area (Å²) in [5.74, 6) is 0.356. The molecule has 2 rings (SSSR count). The molecule has 13 heavy (non-hydrogen) atoms. The van der Waals surface area contributed by atoms with Crippen LogP contribution in [0.15, 0.2) is 34.8 Å². The normalized spacial score (nSPS) is 10.6. The van der Waals surface area contributed by atoms with Crippen molar-refractivity contribution in [2.75, 3.05) is 0 Å². The standard InChI is InChI=1S/C11H9BrO/c1-7-4-9-5-10(12)3-2-8(9)6-11(7)13/h2-6,13H,1H3. The molecule has 0 heterocycles. The Balaban J connectivity index is 2.81. The lowest BCUT2D eigenvalue weighted by molar-refractivity contribution is 0.472. The van der Waals surface area contributed by atoms with Crippen molar-refractivity contribution < 1.29 is 5.11 Å². The molecule has 2 aromatic carbocycles. The van der Waals surface area contributed by atoms with E-state index in [9.17, 15) is 5.11 Å². The highest BCUT2D eigenvalue weighted by atomic mass is 79.9. The first-order valence-corrected chi connectivity index (χ1v) is 4.85. The van der Waals surface area contributed by atoms with Crippen LogP contribution in [-0.2, 0) is 0 Å². The second-order valence-corrected chi connectivity index (χ2v) is 4.05. The van der Waals surface area contributed by atoms with Crippen molar-refractivity contribution in [3.05, 3.63) is 40.4 Å². The van der Waals surface area contributed by atoms with Crippen molar-refractivity contribution in [2.45, 2.75) is 6.92 Å². The fourth-order valence-electron chi connectivity index (χ4n) is 1.37. The molecule has 1 N–H and O–H groups in total. The minimum atomic E-state index is 0.356. The molecule has 1 nitrogen and oxygen atoms in total. The SMILES string of the molecule is Cc1cc2cc(Br)ccc2cc1O. The highest BCUT2D eigenvalue weighted by molar-refractivity contribution is 9.10. The number of aryl methyl sites for hydroxylation is 1. The first kappa shape index (κ1) is 8.57. The van der Waals surface area contributed by atoms with Crippen molar-refractivity contribution in [1.29, 1.82) is 0 Å². The molecule has 0 atom stereocenters. The lowest BCUT2D eigenvalue weighted by atomic mass is 10.1. The van der Waals surface area contributed by atoms with Gasteiger partial charge in [0, 0.05) is 4.47 Å². The molecular weight excluding hydrogens is 228 g/mol.